The van der Waals surface area contributed by atoms with Crippen molar-refractivity contribution >= 4 is 54.9 Å². The summed E-state index contributed by atoms with van der Waals surface area (Å²) in [6.07, 6.45) is 0. The molecule has 0 bridgehead atoms. The third-order valence-electron chi connectivity index (χ3n) is 28.5. The van der Waals surface area contributed by atoms with Crippen molar-refractivity contribution in [3.8, 4) is 110 Å². The Balaban J connectivity index is 0.777. The summed E-state index contributed by atoms with van der Waals surface area (Å²) < 4.78 is 0. The maximum absolute atomic E-state index is 6.56. The molecule has 0 N–H and O–H groups in total. The minimum absolute atomic E-state index is 0.579. The largest absolute Gasteiger partial charge is 0.242 e. The Kier molecular flexibility index (Phi) is 13.7. The third kappa shape index (κ3) is 8.45. The zero-order valence-electron chi connectivity index (χ0n) is 65.7. The summed E-state index contributed by atoms with van der Waals surface area (Å²) in [5, 5.41) is 4.32. The Morgan fingerprint density at radius 3 is 0.686 bits per heavy atom. The van der Waals surface area contributed by atoms with Gasteiger partial charge in [0.1, 0.15) is 11.0 Å². The van der Waals surface area contributed by atoms with E-state index in [4.69, 9.17) is 9.97 Å². The number of nitrogens with zero attached hydrogens (tertiary/aromatic N) is 2. The molecule has 2 spiro atoms. The van der Waals surface area contributed by atoms with Gasteiger partial charge in [-0.15, -0.1) is 11.3 Å². The number of rotatable bonds is 8. The van der Waals surface area contributed by atoms with E-state index in [9.17, 15) is 0 Å². The highest BCUT2D eigenvalue weighted by Crippen LogP contribution is 2.69. The van der Waals surface area contributed by atoms with Crippen LogP contribution in [0.2, 0.25) is 0 Å². The summed E-state index contributed by atoms with van der Waals surface area (Å²) in [6, 6.07) is 161. The van der Waals surface area contributed by atoms with Gasteiger partial charge in [0.2, 0.25) is 0 Å². The molecule has 3 heteroatoms. The first-order chi connectivity index (χ1) is 60.1. The fourth-order valence-corrected chi connectivity index (χ4v) is 25.4. The van der Waals surface area contributed by atoms with Gasteiger partial charge in [0.05, 0.1) is 42.4 Å². The molecule has 0 amide bonds. The quantitative estimate of drug-likeness (QED) is 0.142. The molecule has 0 fully saturated rings. The Morgan fingerprint density at radius 2 is 0.380 bits per heavy atom. The van der Waals surface area contributed by atoms with Gasteiger partial charge in [0.25, 0.3) is 0 Å². The standard InChI is InChI=1S/C118H70N2S/c1-5-33-73(34-6-1)115(74-35-7-2-8-36-74)97-57-25-17-45-85(97)105-77(49-29-61-101(105)115)71-65-67-79-80-68-66-72(78-50-30-62-102-106(78)86-46-18-26-58-98(86)116(102,75-37-9-3-10-38-75)76-39-11-4-12-40-76)70-92(80)110-109(91(79)69-71)119-111-112(120-110)114(90-52-32-64-104-108(90)88-48-20-28-60-100(88)118(104)95-55-23-15-43-83(95)84-44-16-24-56-96(84)118)121-113(111)89-51-31-63-103-107(89)87-47-19-27-59-99(87)117(103)93-53-21-13-41-81(93)82-42-14-22-54-94(82)117/h1-70H. The summed E-state index contributed by atoms with van der Waals surface area (Å²) in [4.78, 5) is 15.3. The Morgan fingerprint density at radius 1 is 0.157 bits per heavy atom. The molecule has 6 aliphatic carbocycles. The number of fused-ring (bicyclic) bond motifs is 33. The average molecular weight is 1550 g/mol. The summed E-state index contributed by atoms with van der Waals surface area (Å²) >= 11 is 1.87. The molecule has 6 aliphatic rings. The smallest absolute Gasteiger partial charge is 0.109 e. The lowest BCUT2D eigenvalue weighted by Crippen LogP contribution is -2.28. The fourth-order valence-electron chi connectivity index (χ4n) is 24.1. The van der Waals surface area contributed by atoms with Crippen LogP contribution in [0.3, 0.4) is 0 Å². The van der Waals surface area contributed by atoms with Crippen molar-refractivity contribution in [2.45, 2.75) is 21.7 Å². The highest BCUT2D eigenvalue weighted by Gasteiger charge is 2.55. The molecular weight excluding hydrogens is 1480 g/mol. The van der Waals surface area contributed by atoms with Crippen LogP contribution in [0.5, 0.6) is 0 Å². The van der Waals surface area contributed by atoms with Crippen molar-refractivity contribution in [2.75, 3.05) is 0 Å². The van der Waals surface area contributed by atoms with Crippen molar-refractivity contribution in [2.24, 2.45) is 0 Å². The lowest BCUT2D eigenvalue weighted by molar-refractivity contribution is 0.768. The number of aromatic nitrogens is 2. The van der Waals surface area contributed by atoms with Crippen molar-refractivity contribution < 1.29 is 0 Å². The molecule has 0 unspecified atom stereocenters. The van der Waals surface area contributed by atoms with Crippen molar-refractivity contribution in [1.29, 1.82) is 0 Å². The monoisotopic (exact) mass is 1550 g/mol. The average Bonchev–Trinajstić information content (AvgIpc) is 1.50. The van der Waals surface area contributed by atoms with Crippen LogP contribution in [-0.2, 0) is 21.7 Å². The lowest BCUT2D eigenvalue weighted by Gasteiger charge is -2.34. The number of thiophene rings is 1. The minimum atomic E-state index is -0.590. The number of hydrogen-bond acceptors (Lipinski definition) is 3. The molecular formula is C118H70N2S. The zero-order chi connectivity index (χ0) is 79.0. The normalized spacial score (nSPS) is 14.5. The second-order valence-corrected chi connectivity index (χ2v) is 34.7. The van der Waals surface area contributed by atoms with E-state index in [1.54, 1.807) is 0 Å². The number of hydrogen-bond donors (Lipinski definition) is 0. The second-order valence-electron chi connectivity index (χ2n) is 33.6. The minimum Gasteiger partial charge on any atom is -0.242 e. The van der Waals surface area contributed by atoms with E-state index in [0.29, 0.717) is 0 Å². The van der Waals surface area contributed by atoms with E-state index in [-0.39, 0.29) is 0 Å². The van der Waals surface area contributed by atoms with Gasteiger partial charge in [-0.05, 0) is 201 Å². The fraction of sp³-hybridized carbons (Fsp3) is 0.0339. The molecule has 121 heavy (non-hydrogen) atoms. The second kappa shape index (κ2) is 24.8. The van der Waals surface area contributed by atoms with Gasteiger partial charge < -0.3 is 0 Å². The molecule has 27 rings (SSSR count). The van der Waals surface area contributed by atoms with Crippen LogP contribution in [0.4, 0.5) is 0 Å². The van der Waals surface area contributed by atoms with Crippen LogP contribution < -0.4 is 0 Å². The Bertz CT molecular complexity index is 7450. The molecule has 0 atom stereocenters. The van der Waals surface area contributed by atoms with Gasteiger partial charge in [-0.3, -0.25) is 0 Å². The molecule has 19 aromatic carbocycles. The Labute approximate surface area is 705 Å². The lowest BCUT2D eigenvalue weighted by atomic mass is 9.67. The maximum Gasteiger partial charge on any atom is 0.109 e. The van der Waals surface area contributed by atoms with Gasteiger partial charge in [-0.2, -0.15) is 0 Å². The van der Waals surface area contributed by atoms with E-state index in [1.165, 1.54) is 167 Å². The van der Waals surface area contributed by atoms with E-state index in [0.717, 1.165) is 75.6 Å². The zero-order valence-corrected chi connectivity index (χ0v) is 66.5. The molecule has 0 saturated heterocycles. The highest BCUT2D eigenvalue weighted by molar-refractivity contribution is 7.21. The van der Waals surface area contributed by atoms with Gasteiger partial charge in [-0.1, -0.05) is 413 Å². The van der Waals surface area contributed by atoms with Crippen molar-refractivity contribution in [1.82, 2.24) is 9.97 Å². The molecule has 21 aromatic rings. The van der Waals surface area contributed by atoms with Gasteiger partial charge >= 0.3 is 0 Å². The van der Waals surface area contributed by atoms with E-state index < -0.39 is 21.7 Å². The Hall–Kier alpha value is -15.0. The topological polar surface area (TPSA) is 25.8 Å². The molecule has 2 aromatic heterocycles. The van der Waals surface area contributed by atoms with E-state index in [2.05, 4.69) is 425 Å². The van der Waals surface area contributed by atoms with E-state index in [1.807, 2.05) is 11.3 Å². The van der Waals surface area contributed by atoms with Crippen molar-refractivity contribution in [3.05, 3.63) is 514 Å². The maximum atomic E-state index is 6.56. The van der Waals surface area contributed by atoms with Gasteiger partial charge in [0, 0.05) is 21.9 Å². The molecule has 0 aliphatic heterocycles. The molecule has 0 saturated carbocycles. The van der Waals surface area contributed by atoms with E-state index >= 15 is 0 Å². The van der Waals surface area contributed by atoms with Crippen LogP contribution in [0, 0.1) is 0 Å². The predicted molar refractivity (Wildman–Crippen MR) is 499 cm³/mol. The van der Waals surface area contributed by atoms with Crippen LogP contribution in [0.25, 0.3) is 154 Å². The molecule has 2 heterocycles. The van der Waals surface area contributed by atoms with Crippen LogP contribution in [0.15, 0.2) is 425 Å². The van der Waals surface area contributed by atoms with Crippen LogP contribution in [0.1, 0.15) is 89.0 Å². The number of benzene rings is 19. The summed E-state index contributed by atoms with van der Waals surface area (Å²) in [5.74, 6) is 0. The van der Waals surface area contributed by atoms with Gasteiger partial charge in [-0.25, -0.2) is 9.97 Å². The first-order valence-electron chi connectivity index (χ1n) is 42.3. The first kappa shape index (κ1) is 67.1. The first-order valence-corrected chi connectivity index (χ1v) is 43.1. The summed E-state index contributed by atoms with van der Waals surface area (Å²) in [6.45, 7) is 0. The summed E-state index contributed by atoms with van der Waals surface area (Å²) in [7, 11) is 0. The SMILES string of the molecule is c1ccc(C2(c3ccccc3)c3ccccc3-c3c(-c4ccc5c6ccc(-c7cccc8c7-c7ccccc7C8(c7ccccc7)c7ccccc7)cc6c6nc7c(-c8cccc9c8-c8ccccc8C98c9ccccc9-c9ccccc98)sc(-c8cccc9c8-c8ccccc8C98c9ccccc9-c9ccccc98)c7nc6c5c4)cccc32)cc1. The summed E-state index contributed by atoms with van der Waals surface area (Å²) in [5.41, 5.74) is 43.5. The highest BCUT2D eigenvalue weighted by atomic mass is 32.1. The van der Waals surface area contributed by atoms with Crippen LogP contribution >= 0.6 is 11.3 Å². The molecule has 2 nitrogen and oxygen atoms in total. The van der Waals surface area contributed by atoms with Crippen LogP contribution in [-0.4, -0.2) is 9.97 Å². The molecule has 558 valence electrons. The van der Waals surface area contributed by atoms with Crippen molar-refractivity contribution in [3.63, 3.8) is 0 Å². The van der Waals surface area contributed by atoms with Gasteiger partial charge in [0.15, 0.2) is 0 Å². The molecule has 0 radical (unpaired) electrons. The predicted octanol–water partition coefficient (Wildman–Crippen LogP) is 29.2. The third-order valence-corrected chi connectivity index (χ3v) is 29.7.